The first-order chi connectivity index (χ1) is 8.75. The summed E-state index contributed by atoms with van der Waals surface area (Å²) in [5, 5.41) is 3.53. The average molecular weight is 269 g/mol. The molecular formula is C16H31NO2. The van der Waals surface area contributed by atoms with Gasteiger partial charge >= 0.3 is 5.97 Å². The first-order valence-corrected chi connectivity index (χ1v) is 7.61. The Kier molecular flexibility index (Phi) is 5.43. The number of methoxy groups -OCH3 is 1. The van der Waals surface area contributed by atoms with Crippen molar-refractivity contribution in [1.82, 2.24) is 5.32 Å². The van der Waals surface area contributed by atoms with E-state index in [1.807, 2.05) is 0 Å². The monoisotopic (exact) mass is 269 g/mol. The molecule has 1 aliphatic rings. The molecule has 3 heteroatoms. The SMILES string of the molecule is CCC(C)NC1(C(=O)OC)CCC(C(C)(C)C)CC1. The van der Waals surface area contributed by atoms with Crippen LogP contribution in [-0.2, 0) is 9.53 Å². The van der Waals surface area contributed by atoms with E-state index in [4.69, 9.17) is 4.74 Å². The topological polar surface area (TPSA) is 38.3 Å². The lowest BCUT2D eigenvalue weighted by Crippen LogP contribution is -2.58. The number of carbonyl (C=O) groups excluding carboxylic acids is 1. The molecule has 0 aliphatic heterocycles. The van der Waals surface area contributed by atoms with Crippen LogP contribution < -0.4 is 5.32 Å². The highest BCUT2D eigenvalue weighted by atomic mass is 16.5. The minimum Gasteiger partial charge on any atom is -0.468 e. The zero-order valence-electron chi connectivity index (χ0n) is 13.5. The predicted octanol–water partition coefficient (Wildman–Crippen LogP) is 3.52. The Hall–Kier alpha value is -0.570. The average Bonchev–Trinajstić information content (AvgIpc) is 2.37. The van der Waals surface area contributed by atoms with Gasteiger partial charge < -0.3 is 4.74 Å². The van der Waals surface area contributed by atoms with Crippen LogP contribution in [0.15, 0.2) is 0 Å². The summed E-state index contributed by atoms with van der Waals surface area (Å²) in [7, 11) is 1.50. The Morgan fingerprint density at radius 2 is 1.89 bits per heavy atom. The molecule has 0 amide bonds. The summed E-state index contributed by atoms with van der Waals surface area (Å²) in [5.41, 5.74) is -0.120. The number of rotatable bonds is 4. The van der Waals surface area contributed by atoms with E-state index in [1.54, 1.807) is 0 Å². The van der Waals surface area contributed by atoms with Crippen LogP contribution in [0.3, 0.4) is 0 Å². The molecule has 1 saturated carbocycles. The van der Waals surface area contributed by atoms with Crippen LogP contribution in [0.25, 0.3) is 0 Å². The largest absolute Gasteiger partial charge is 0.468 e. The maximum Gasteiger partial charge on any atom is 0.326 e. The predicted molar refractivity (Wildman–Crippen MR) is 79.0 cm³/mol. The molecule has 0 heterocycles. The van der Waals surface area contributed by atoms with E-state index in [1.165, 1.54) is 7.11 Å². The highest BCUT2D eigenvalue weighted by Gasteiger charge is 2.45. The molecule has 0 spiro atoms. The lowest BCUT2D eigenvalue weighted by Gasteiger charge is -2.43. The Morgan fingerprint density at radius 1 is 1.37 bits per heavy atom. The van der Waals surface area contributed by atoms with Gasteiger partial charge in [-0.15, -0.1) is 0 Å². The summed E-state index contributed by atoms with van der Waals surface area (Å²) in [6.45, 7) is 11.2. The zero-order chi connectivity index (χ0) is 14.7. The van der Waals surface area contributed by atoms with E-state index in [-0.39, 0.29) is 5.97 Å². The van der Waals surface area contributed by atoms with Gasteiger partial charge in [0, 0.05) is 6.04 Å². The number of hydrogen-bond donors (Lipinski definition) is 1. The summed E-state index contributed by atoms with van der Waals surface area (Å²) < 4.78 is 5.06. The third-order valence-corrected chi connectivity index (χ3v) is 4.78. The highest BCUT2D eigenvalue weighted by molar-refractivity contribution is 5.81. The van der Waals surface area contributed by atoms with E-state index in [9.17, 15) is 4.79 Å². The van der Waals surface area contributed by atoms with Crippen LogP contribution in [0, 0.1) is 11.3 Å². The van der Waals surface area contributed by atoms with Gasteiger partial charge in [0.25, 0.3) is 0 Å². The molecule has 0 aromatic heterocycles. The molecule has 0 bridgehead atoms. The Bertz CT molecular complexity index is 298. The number of ether oxygens (including phenoxy) is 1. The van der Waals surface area contributed by atoms with E-state index in [0.29, 0.717) is 17.4 Å². The van der Waals surface area contributed by atoms with Crippen molar-refractivity contribution in [3.63, 3.8) is 0 Å². The van der Waals surface area contributed by atoms with Gasteiger partial charge in [-0.3, -0.25) is 10.1 Å². The van der Waals surface area contributed by atoms with Gasteiger partial charge in [-0.05, 0) is 50.4 Å². The van der Waals surface area contributed by atoms with Crippen LogP contribution in [-0.4, -0.2) is 24.7 Å². The van der Waals surface area contributed by atoms with Gasteiger partial charge in [-0.1, -0.05) is 27.7 Å². The number of carbonyl (C=O) groups is 1. The van der Waals surface area contributed by atoms with Crippen molar-refractivity contribution < 1.29 is 9.53 Å². The third kappa shape index (κ3) is 3.95. The van der Waals surface area contributed by atoms with Crippen molar-refractivity contribution in [3.05, 3.63) is 0 Å². The normalized spacial score (nSPS) is 29.9. The fourth-order valence-corrected chi connectivity index (χ4v) is 3.15. The van der Waals surface area contributed by atoms with E-state index < -0.39 is 5.54 Å². The third-order valence-electron chi connectivity index (χ3n) is 4.78. The number of hydrogen-bond acceptors (Lipinski definition) is 3. The molecule has 1 unspecified atom stereocenters. The van der Waals surface area contributed by atoms with Crippen molar-refractivity contribution in [3.8, 4) is 0 Å². The minimum absolute atomic E-state index is 0.0832. The first kappa shape index (κ1) is 16.5. The second-order valence-corrected chi connectivity index (χ2v) is 7.17. The van der Waals surface area contributed by atoms with E-state index in [2.05, 4.69) is 39.9 Å². The fourth-order valence-electron chi connectivity index (χ4n) is 3.15. The number of esters is 1. The van der Waals surface area contributed by atoms with Crippen molar-refractivity contribution >= 4 is 5.97 Å². The Balaban J connectivity index is 2.78. The molecule has 3 nitrogen and oxygen atoms in total. The van der Waals surface area contributed by atoms with E-state index in [0.717, 1.165) is 32.1 Å². The van der Waals surface area contributed by atoms with Crippen LogP contribution in [0.2, 0.25) is 0 Å². The smallest absolute Gasteiger partial charge is 0.326 e. The maximum absolute atomic E-state index is 12.2. The van der Waals surface area contributed by atoms with Gasteiger partial charge in [0.05, 0.1) is 7.11 Å². The Labute approximate surface area is 118 Å². The van der Waals surface area contributed by atoms with Crippen molar-refractivity contribution in [2.24, 2.45) is 11.3 Å². The summed E-state index contributed by atoms with van der Waals surface area (Å²) in [5.74, 6) is 0.615. The molecule has 0 radical (unpaired) electrons. The fraction of sp³-hybridized carbons (Fsp3) is 0.938. The lowest BCUT2D eigenvalue weighted by molar-refractivity contribution is -0.151. The molecule has 1 fully saturated rings. The van der Waals surface area contributed by atoms with Crippen molar-refractivity contribution in [1.29, 1.82) is 0 Å². The molecule has 1 N–H and O–H groups in total. The van der Waals surface area contributed by atoms with Crippen LogP contribution >= 0.6 is 0 Å². The summed E-state index contributed by atoms with van der Waals surface area (Å²) >= 11 is 0. The molecule has 1 atom stereocenters. The van der Waals surface area contributed by atoms with Gasteiger partial charge in [-0.2, -0.15) is 0 Å². The second-order valence-electron chi connectivity index (χ2n) is 7.17. The van der Waals surface area contributed by atoms with E-state index >= 15 is 0 Å². The highest BCUT2D eigenvalue weighted by Crippen LogP contribution is 2.42. The molecule has 0 aromatic carbocycles. The summed E-state index contributed by atoms with van der Waals surface area (Å²) in [6.07, 6.45) is 5.02. The van der Waals surface area contributed by atoms with Crippen LogP contribution in [0.4, 0.5) is 0 Å². The summed E-state index contributed by atoms with van der Waals surface area (Å²) in [4.78, 5) is 12.2. The lowest BCUT2D eigenvalue weighted by atomic mass is 9.67. The molecule has 0 saturated heterocycles. The van der Waals surface area contributed by atoms with Gasteiger partial charge in [-0.25, -0.2) is 0 Å². The molecule has 1 rings (SSSR count). The molecule has 19 heavy (non-hydrogen) atoms. The molecular weight excluding hydrogens is 238 g/mol. The van der Waals surface area contributed by atoms with Crippen LogP contribution in [0.5, 0.6) is 0 Å². The zero-order valence-corrected chi connectivity index (χ0v) is 13.5. The summed E-state index contributed by atoms with van der Waals surface area (Å²) in [6, 6.07) is 0.352. The first-order valence-electron chi connectivity index (χ1n) is 7.61. The van der Waals surface area contributed by atoms with Crippen molar-refractivity contribution in [2.45, 2.75) is 78.3 Å². The second kappa shape index (κ2) is 6.25. The maximum atomic E-state index is 12.2. The molecule has 0 aromatic rings. The minimum atomic E-state index is -0.452. The van der Waals surface area contributed by atoms with Gasteiger partial charge in [0.2, 0.25) is 0 Å². The molecule has 1 aliphatic carbocycles. The Morgan fingerprint density at radius 3 is 2.26 bits per heavy atom. The van der Waals surface area contributed by atoms with Gasteiger partial charge in [0.15, 0.2) is 0 Å². The number of nitrogens with one attached hydrogen (secondary N) is 1. The molecule has 112 valence electrons. The standard InChI is InChI=1S/C16H31NO2/c1-7-12(2)17-16(14(18)19-6)10-8-13(9-11-16)15(3,4)5/h12-13,17H,7-11H2,1-6H3. The van der Waals surface area contributed by atoms with Crippen LogP contribution in [0.1, 0.15) is 66.7 Å². The van der Waals surface area contributed by atoms with Gasteiger partial charge in [0.1, 0.15) is 5.54 Å². The van der Waals surface area contributed by atoms with Crippen molar-refractivity contribution in [2.75, 3.05) is 7.11 Å². The quantitative estimate of drug-likeness (QED) is 0.794.